The van der Waals surface area contributed by atoms with Gasteiger partial charge in [0.25, 0.3) is 10.0 Å². The summed E-state index contributed by atoms with van der Waals surface area (Å²) in [6.07, 6.45) is 2.03. The van der Waals surface area contributed by atoms with Gasteiger partial charge in [-0.1, -0.05) is 13.0 Å². The molecule has 0 bridgehead atoms. The Balaban J connectivity index is 1.92. The lowest BCUT2D eigenvalue weighted by Crippen LogP contribution is -2.37. The zero-order valence-electron chi connectivity index (χ0n) is 15.9. The summed E-state index contributed by atoms with van der Waals surface area (Å²) in [6.45, 7) is 2.23. The van der Waals surface area contributed by atoms with E-state index in [9.17, 15) is 16.8 Å². The number of anilines is 2. The van der Waals surface area contributed by atoms with Gasteiger partial charge >= 0.3 is 0 Å². The first-order valence-electron chi connectivity index (χ1n) is 9.07. The Morgan fingerprint density at radius 1 is 1.07 bits per heavy atom. The highest BCUT2D eigenvalue weighted by molar-refractivity contribution is 7.93. The van der Waals surface area contributed by atoms with Crippen LogP contribution in [0.25, 0.3) is 0 Å². The molecule has 28 heavy (non-hydrogen) atoms. The second-order valence-corrected chi connectivity index (χ2v) is 10.3. The summed E-state index contributed by atoms with van der Waals surface area (Å²) in [5, 5.41) is 0. The second kappa shape index (κ2) is 8.00. The number of sulfonamides is 2. The smallest absolute Gasteiger partial charge is 0.261 e. The summed E-state index contributed by atoms with van der Waals surface area (Å²) in [6, 6.07) is 11.1. The van der Waals surface area contributed by atoms with Crippen LogP contribution >= 0.6 is 0 Å². The fourth-order valence-electron chi connectivity index (χ4n) is 3.23. The van der Waals surface area contributed by atoms with Crippen LogP contribution in [0.1, 0.15) is 25.3 Å². The Hall–Kier alpha value is -2.26. The number of ether oxygens (including phenoxy) is 1. The Bertz CT molecular complexity index is 1050. The third-order valence-corrected chi connectivity index (χ3v) is 7.95. The molecule has 2 aromatic rings. The summed E-state index contributed by atoms with van der Waals surface area (Å²) in [4.78, 5) is 0.0986. The molecule has 0 amide bonds. The topological polar surface area (TPSA) is 92.8 Å². The first-order valence-corrected chi connectivity index (χ1v) is 12.2. The zero-order chi connectivity index (χ0) is 20.4. The lowest BCUT2D eigenvalue weighted by atomic mass is 10.0. The van der Waals surface area contributed by atoms with Crippen LogP contribution in [0.3, 0.4) is 0 Å². The Kier molecular flexibility index (Phi) is 5.85. The Morgan fingerprint density at radius 3 is 2.43 bits per heavy atom. The molecule has 0 spiro atoms. The molecule has 2 aromatic carbocycles. The van der Waals surface area contributed by atoms with Crippen molar-refractivity contribution in [3.63, 3.8) is 0 Å². The van der Waals surface area contributed by atoms with E-state index >= 15 is 0 Å². The predicted molar refractivity (Wildman–Crippen MR) is 110 cm³/mol. The van der Waals surface area contributed by atoms with Crippen LogP contribution in [0.15, 0.2) is 47.4 Å². The molecule has 0 aliphatic carbocycles. The molecule has 0 aromatic heterocycles. The lowest BCUT2D eigenvalue weighted by Gasteiger charge is -2.31. The summed E-state index contributed by atoms with van der Waals surface area (Å²) < 4.78 is 59.5. The molecule has 9 heteroatoms. The van der Waals surface area contributed by atoms with Gasteiger partial charge in [-0.2, -0.15) is 0 Å². The van der Waals surface area contributed by atoms with E-state index in [0.717, 1.165) is 18.4 Å². The monoisotopic (exact) mass is 424 g/mol. The van der Waals surface area contributed by atoms with Crippen molar-refractivity contribution >= 4 is 31.4 Å². The van der Waals surface area contributed by atoms with Gasteiger partial charge in [0.15, 0.2) is 0 Å². The van der Waals surface area contributed by atoms with E-state index < -0.39 is 20.0 Å². The van der Waals surface area contributed by atoms with Gasteiger partial charge in [-0.3, -0.25) is 9.03 Å². The first-order chi connectivity index (χ1) is 13.3. The van der Waals surface area contributed by atoms with E-state index in [1.165, 1.54) is 23.5 Å². The van der Waals surface area contributed by atoms with E-state index in [4.69, 9.17) is 4.74 Å². The van der Waals surface area contributed by atoms with Gasteiger partial charge in [-0.05, 0) is 61.2 Å². The average Bonchev–Trinajstić information content (AvgIpc) is 2.67. The third-order valence-electron chi connectivity index (χ3n) is 4.58. The normalized spacial score (nSPS) is 14.4. The summed E-state index contributed by atoms with van der Waals surface area (Å²) in [5.41, 5.74) is 1.78. The number of hydrogen-bond acceptors (Lipinski definition) is 5. The molecule has 0 unspecified atom stereocenters. The number of hydrogen-bond donors (Lipinski definition) is 1. The highest BCUT2D eigenvalue weighted by atomic mass is 32.2. The third kappa shape index (κ3) is 4.25. The molecule has 7 nitrogen and oxygen atoms in total. The molecule has 0 radical (unpaired) electrons. The van der Waals surface area contributed by atoms with Crippen molar-refractivity contribution in [2.24, 2.45) is 0 Å². The van der Waals surface area contributed by atoms with E-state index in [0.29, 0.717) is 30.1 Å². The van der Waals surface area contributed by atoms with Crippen molar-refractivity contribution in [3.05, 3.63) is 48.0 Å². The molecule has 0 atom stereocenters. The van der Waals surface area contributed by atoms with Gasteiger partial charge in [0.05, 0.1) is 29.1 Å². The maximum atomic E-state index is 12.7. The van der Waals surface area contributed by atoms with E-state index in [2.05, 4.69) is 4.72 Å². The molecule has 152 valence electrons. The van der Waals surface area contributed by atoms with Gasteiger partial charge in [-0.15, -0.1) is 0 Å². The molecule has 0 saturated heterocycles. The number of nitrogens with zero attached hydrogens (tertiary/aromatic N) is 1. The number of benzene rings is 2. The van der Waals surface area contributed by atoms with E-state index in [-0.39, 0.29) is 10.6 Å². The molecule has 1 aliphatic heterocycles. The predicted octanol–water partition coefficient (Wildman–Crippen LogP) is 2.99. The number of nitrogens with one attached hydrogen (secondary N) is 1. The van der Waals surface area contributed by atoms with Gasteiger partial charge in [0, 0.05) is 6.54 Å². The summed E-state index contributed by atoms with van der Waals surface area (Å²) in [7, 11) is -5.72. The van der Waals surface area contributed by atoms with Crippen LogP contribution in [0.2, 0.25) is 0 Å². The maximum absolute atomic E-state index is 12.7. The van der Waals surface area contributed by atoms with Crippen LogP contribution in [0.4, 0.5) is 11.4 Å². The van der Waals surface area contributed by atoms with Crippen molar-refractivity contribution in [3.8, 4) is 5.75 Å². The minimum absolute atomic E-state index is 0.0637. The van der Waals surface area contributed by atoms with Crippen LogP contribution in [-0.4, -0.2) is 36.2 Å². The number of fused-ring (bicyclic) bond motifs is 1. The van der Waals surface area contributed by atoms with Crippen molar-refractivity contribution in [2.75, 3.05) is 28.4 Å². The van der Waals surface area contributed by atoms with Gasteiger partial charge in [0.2, 0.25) is 10.0 Å². The van der Waals surface area contributed by atoms with Crippen LogP contribution < -0.4 is 13.8 Å². The van der Waals surface area contributed by atoms with Crippen molar-refractivity contribution in [2.45, 2.75) is 31.1 Å². The summed E-state index contributed by atoms with van der Waals surface area (Å²) >= 11 is 0. The molecule has 3 rings (SSSR count). The van der Waals surface area contributed by atoms with Crippen molar-refractivity contribution in [1.29, 1.82) is 0 Å². The summed E-state index contributed by atoms with van der Waals surface area (Å²) in [5.74, 6) is 0.623. The molecule has 1 heterocycles. The number of methoxy groups -OCH3 is 1. The SMILES string of the molecule is CCCS(=O)(=O)N1CCCc2ccc(NS(=O)(=O)c3ccc(OC)cc3)cc21. The molecule has 1 aliphatic rings. The van der Waals surface area contributed by atoms with E-state index in [1.54, 1.807) is 30.3 Å². The van der Waals surface area contributed by atoms with E-state index in [1.807, 2.05) is 6.92 Å². The highest BCUT2D eigenvalue weighted by Crippen LogP contribution is 2.33. The second-order valence-electron chi connectivity index (χ2n) is 6.62. The maximum Gasteiger partial charge on any atom is 0.261 e. The molecular weight excluding hydrogens is 400 g/mol. The molecule has 1 N–H and O–H groups in total. The zero-order valence-corrected chi connectivity index (χ0v) is 17.5. The fourth-order valence-corrected chi connectivity index (χ4v) is 5.89. The largest absolute Gasteiger partial charge is 0.497 e. The molecule has 0 fully saturated rings. The molecule has 0 saturated carbocycles. The van der Waals surface area contributed by atoms with Gasteiger partial charge in [-0.25, -0.2) is 16.8 Å². The lowest BCUT2D eigenvalue weighted by molar-refractivity contribution is 0.414. The highest BCUT2D eigenvalue weighted by Gasteiger charge is 2.27. The van der Waals surface area contributed by atoms with Crippen LogP contribution in [0.5, 0.6) is 5.75 Å². The van der Waals surface area contributed by atoms with Crippen molar-refractivity contribution < 1.29 is 21.6 Å². The number of aryl methyl sites for hydroxylation is 1. The average molecular weight is 425 g/mol. The molecular formula is C19H24N2O5S2. The Labute approximate surface area is 166 Å². The van der Waals surface area contributed by atoms with Crippen LogP contribution in [0, 0.1) is 0 Å². The van der Waals surface area contributed by atoms with Gasteiger partial charge in [0.1, 0.15) is 5.75 Å². The first kappa shape index (κ1) is 20.5. The Morgan fingerprint density at radius 2 is 1.79 bits per heavy atom. The van der Waals surface area contributed by atoms with Gasteiger partial charge < -0.3 is 4.74 Å². The standard InChI is InChI=1S/C19H24N2O5S2/c1-3-13-27(22,23)21-12-4-5-15-6-7-16(14-19(15)21)20-28(24,25)18-10-8-17(26-2)9-11-18/h6-11,14,20H,3-5,12-13H2,1-2H3. The van der Waals surface area contributed by atoms with Crippen LogP contribution in [-0.2, 0) is 26.5 Å². The quantitative estimate of drug-likeness (QED) is 0.738. The van der Waals surface area contributed by atoms with Crippen molar-refractivity contribution in [1.82, 2.24) is 0 Å². The number of rotatable bonds is 7. The minimum Gasteiger partial charge on any atom is -0.497 e. The minimum atomic E-state index is -3.80. The fraction of sp³-hybridized carbons (Fsp3) is 0.368.